The highest BCUT2D eigenvalue weighted by atomic mass is 35.5. The second-order valence-corrected chi connectivity index (χ2v) is 3.60. The van der Waals surface area contributed by atoms with Crippen LogP contribution in [0.2, 0.25) is 5.02 Å². The third-order valence-electron chi connectivity index (χ3n) is 2.14. The van der Waals surface area contributed by atoms with Gasteiger partial charge in [0.25, 0.3) is 5.69 Å². The minimum absolute atomic E-state index is 0.0789. The van der Waals surface area contributed by atoms with E-state index in [1.54, 1.807) is 24.3 Å². The largest absolute Gasteiger partial charge is 0.393 e. The normalized spacial score (nSPS) is 10.5. The third kappa shape index (κ3) is 1.71. The Kier molecular flexibility index (Phi) is 2.21. The lowest BCUT2D eigenvalue weighted by atomic mass is 10.1. The smallest absolute Gasteiger partial charge is 0.292 e. The van der Waals surface area contributed by atoms with Gasteiger partial charge in [0.2, 0.25) is 0 Å². The molecule has 0 aliphatic rings. The Morgan fingerprint density at radius 3 is 2.60 bits per heavy atom. The average molecular weight is 223 g/mol. The molecule has 0 unspecified atom stereocenters. The summed E-state index contributed by atoms with van der Waals surface area (Å²) in [5.41, 5.74) is 5.62. The van der Waals surface area contributed by atoms with Gasteiger partial charge in [-0.25, -0.2) is 0 Å². The van der Waals surface area contributed by atoms with E-state index in [1.807, 2.05) is 0 Å². The van der Waals surface area contributed by atoms with Crippen molar-refractivity contribution in [2.75, 3.05) is 5.73 Å². The van der Waals surface area contributed by atoms with E-state index in [0.29, 0.717) is 5.02 Å². The van der Waals surface area contributed by atoms with Gasteiger partial charge in [-0.2, -0.15) is 0 Å². The second kappa shape index (κ2) is 3.40. The number of halogens is 1. The number of benzene rings is 2. The van der Waals surface area contributed by atoms with Crippen LogP contribution >= 0.6 is 11.6 Å². The summed E-state index contributed by atoms with van der Waals surface area (Å²) in [4.78, 5) is 10.1. The number of nitrogens with zero attached hydrogens (tertiary/aromatic N) is 1. The number of anilines is 1. The number of nitro groups is 1. The van der Waals surface area contributed by atoms with E-state index in [4.69, 9.17) is 17.3 Å². The Balaban J connectivity index is 2.76. The zero-order valence-corrected chi connectivity index (χ0v) is 8.36. The topological polar surface area (TPSA) is 69.2 Å². The van der Waals surface area contributed by atoms with Crippen molar-refractivity contribution in [1.82, 2.24) is 0 Å². The van der Waals surface area contributed by atoms with E-state index in [-0.39, 0.29) is 11.4 Å². The van der Waals surface area contributed by atoms with Crippen LogP contribution in [0, 0.1) is 10.1 Å². The lowest BCUT2D eigenvalue weighted by molar-refractivity contribution is -0.383. The molecule has 0 aromatic heterocycles. The first-order valence-corrected chi connectivity index (χ1v) is 4.59. The molecule has 2 N–H and O–H groups in total. The van der Waals surface area contributed by atoms with Crippen LogP contribution in [-0.2, 0) is 0 Å². The molecule has 76 valence electrons. The monoisotopic (exact) mass is 222 g/mol. The highest BCUT2D eigenvalue weighted by Crippen LogP contribution is 2.29. The van der Waals surface area contributed by atoms with Crippen molar-refractivity contribution in [3.63, 3.8) is 0 Å². The number of rotatable bonds is 1. The Morgan fingerprint density at radius 2 is 1.93 bits per heavy atom. The Bertz CT molecular complexity index is 554. The van der Waals surface area contributed by atoms with Crippen molar-refractivity contribution in [3.8, 4) is 0 Å². The van der Waals surface area contributed by atoms with Gasteiger partial charge in [0.15, 0.2) is 0 Å². The number of nitro benzene ring substituents is 1. The van der Waals surface area contributed by atoms with Crippen LogP contribution in [0.25, 0.3) is 10.8 Å². The van der Waals surface area contributed by atoms with Crippen molar-refractivity contribution in [3.05, 3.63) is 45.5 Å². The maximum Gasteiger partial charge on any atom is 0.292 e. The van der Waals surface area contributed by atoms with Crippen LogP contribution in [0.15, 0.2) is 30.3 Å². The van der Waals surface area contributed by atoms with Gasteiger partial charge in [-0.15, -0.1) is 0 Å². The van der Waals surface area contributed by atoms with E-state index in [2.05, 4.69) is 0 Å². The molecule has 0 spiro atoms. The average Bonchev–Trinajstić information content (AvgIpc) is 2.15. The summed E-state index contributed by atoms with van der Waals surface area (Å²) < 4.78 is 0. The van der Waals surface area contributed by atoms with E-state index in [1.165, 1.54) is 6.07 Å². The van der Waals surface area contributed by atoms with Crippen LogP contribution < -0.4 is 5.73 Å². The van der Waals surface area contributed by atoms with Crippen LogP contribution in [0.4, 0.5) is 11.4 Å². The van der Waals surface area contributed by atoms with Crippen molar-refractivity contribution in [2.45, 2.75) is 0 Å². The number of hydrogen-bond acceptors (Lipinski definition) is 3. The molecule has 0 saturated carbocycles. The molecule has 2 aromatic carbocycles. The van der Waals surface area contributed by atoms with E-state index in [0.717, 1.165) is 10.8 Å². The fraction of sp³-hybridized carbons (Fsp3) is 0. The standard InChI is InChI=1S/C10H7ClN2O2/c11-8-2-1-6-5-10(13(14)15)9(12)4-7(6)3-8/h1-5H,12H2. The Hall–Kier alpha value is -1.81. The molecule has 0 radical (unpaired) electrons. The zero-order chi connectivity index (χ0) is 11.0. The summed E-state index contributed by atoms with van der Waals surface area (Å²) in [5, 5.41) is 12.8. The van der Waals surface area contributed by atoms with E-state index in [9.17, 15) is 10.1 Å². The third-order valence-corrected chi connectivity index (χ3v) is 2.38. The molecule has 0 fully saturated rings. The van der Waals surface area contributed by atoms with E-state index < -0.39 is 4.92 Å². The highest BCUT2D eigenvalue weighted by molar-refractivity contribution is 6.31. The van der Waals surface area contributed by atoms with Crippen molar-refractivity contribution in [1.29, 1.82) is 0 Å². The molecular weight excluding hydrogens is 216 g/mol. The Morgan fingerprint density at radius 1 is 1.20 bits per heavy atom. The van der Waals surface area contributed by atoms with Gasteiger partial charge in [-0.05, 0) is 29.0 Å². The maximum atomic E-state index is 10.6. The van der Waals surface area contributed by atoms with Gasteiger partial charge in [-0.3, -0.25) is 10.1 Å². The van der Waals surface area contributed by atoms with Gasteiger partial charge in [-0.1, -0.05) is 17.7 Å². The number of nitrogens with two attached hydrogens (primary N) is 1. The van der Waals surface area contributed by atoms with Gasteiger partial charge in [0.05, 0.1) is 4.92 Å². The minimum Gasteiger partial charge on any atom is -0.393 e. The molecular formula is C10H7ClN2O2. The predicted octanol–water partition coefficient (Wildman–Crippen LogP) is 2.98. The van der Waals surface area contributed by atoms with Gasteiger partial charge >= 0.3 is 0 Å². The molecule has 0 amide bonds. The fourth-order valence-corrected chi connectivity index (χ4v) is 1.61. The summed E-state index contributed by atoms with van der Waals surface area (Å²) in [6.45, 7) is 0. The van der Waals surface area contributed by atoms with Crippen molar-refractivity contribution in [2.24, 2.45) is 0 Å². The second-order valence-electron chi connectivity index (χ2n) is 3.16. The summed E-state index contributed by atoms with van der Waals surface area (Å²) in [7, 11) is 0. The molecule has 0 aliphatic heterocycles. The highest BCUT2D eigenvalue weighted by Gasteiger charge is 2.12. The van der Waals surface area contributed by atoms with Crippen LogP contribution in [0.3, 0.4) is 0 Å². The van der Waals surface area contributed by atoms with Crippen LogP contribution in [-0.4, -0.2) is 4.92 Å². The van der Waals surface area contributed by atoms with Crippen LogP contribution in [0.1, 0.15) is 0 Å². The SMILES string of the molecule is Nc1cc2cc(Cl)ccc2cc1[N+](=O)[O-]. The molecule has 0 heterocycles. The number of nitrogen functional groups attached to an aromatic ring is 1. The van der Waals surface area contributed by atoms with Gasteiger partial charge in [0.1, 0.15) is 5.69 Å². The quantitative estimate of drug-likeness (QED) is 0.458. The van der Waals surface area contributed by atoms with Gasteiger partial charge in [0, 0.05) is 11.1 Å². The predicted molar refractivity (Wildman–Crippen MR) is 60.0 cm³/mol. The molecule has 0 saturated heterocycles. The van der Waals surface area contributed by atoms with Gasteiger partial charge < -0.3 is 5.73 Å². The molecule has 5 heteroatoms. The van der Waals surface area contributed by atoms with Crippen molar-refractivity contribution >= 4 is 33.7 Å². The minimum atomic E-state index is -0.497. The lowest BCUT2D eigenvalue weighted by Crippen LogP contribution is -1.95. The first-order valence-electron chi connectivity index (χ1n) is 4.21. The molecule has 4 nitrogen and oxygen atoms in total. The Labute approximate surface area is 90.4 Å². The molecule has 15 heavy (non-hydrogen) atoms. The molecule has 0 bridgehead atoms. The molecule has 2 aromatic rings. The molecule has 0 aliphatic carbocycles. The van der Waals surface area contributed by atoms with E-state index >= 15 is 0 Å². The summed E-state index contributed by atoms with van der Waals surface area (Å²) in [6.07, 6.45) is 0. The summed E-state index contributed by atoms with van der Waals surface area (Å²) in [5.74, 6) is 0. The summed E-state index contributed by atoms with van der Waals surface area (Å²) in [6, 6.07) is 8.13. The number of fused-ring (bicyclic) bond motifs is 1. The molecule has 2 rings (SSSR count). The van der Waals surface area contributed by atoms with Crippen LogP contribution in [0.5, 0.6) is 0 Å². The lowest BCUT2D eigenvalue weighted by Gasteiger charge is -2.01. The van der Waals surface area contributed by atoms with Crippen molar-refractivity contribution < 1.29 is 4.92 Å². The molecule has 0 atom stereocenters. The first-order chi connectivity index (χ1) is 7.08. The number of hydrogen-bond donors (Lipinski definition) is 1. The fourth-order valence-electron chi connectivity index (χ4n) is 1.43. The zero-order valence-electron chi connectivity index (χ0n) is 7.61. The summed E-state index contributed by atoms with van der Waals surface area (Å²) >= 11 is 5.80. The maximum absolute atomic E-state index is 10.6. The first kappa shape index (κ1) is 9.73.